The van der Waals surface area contributed by atoms with Gasteiger partial charge in [-0.25, -0.2) is 0 Å². The Morgan fingerprint density at radius 1 is 0.895 bits per heavy atom. The van der Waals surface area contributed by atoms with E-state index >= 15 is 0 Å². The second-order valence-corrected chi connectivity index (χ2v) is 6.15. The van der Waals surface area contributed by atoms with E-state index in [2.05, 4.69) is 29.2 Å². The third-order valence-corrected chi connectivity index (χ3v) is 4.83. The second kappa shape index (κ2) is 5.96. The molecule has 2 nitrogen and oxygen atoms in total. The van der Waals surface area contributed by atoms with Gasteiger partial charge in [-0.15, -0.1) is 0 Å². The van der Waals surface area contributed by atoms with Gasteiger partial charge in [0.25, 0.3) is 0 Å². The third kappa shape index (κ3) is 2.79. The number of fused-ring (bicyclic) bond motifs is 1. The summed E-state index contributed by atoms with van der Waals surface area (Å²) in [5.74, 6) is 0. The van der Waals surface area contributed by atoms with Crippen molar-refractivity contribution in [2.24, 2.45) is 5.73 Å². The summed E-state index contributed by atoms with van der Waals surface area (Å²) < 4.78 is 0. The highest BCUT2D eigenvalue weighted by molar-refractivity contribution is 5.56. The van der Waals surface area contributed by atoms with E-state index in [0.29, 0.717) is 0 Å². The predicted octanol–water partition coefficient (Wildman–Crippen LogP) is 4.01. The zero-order valence-electron chi connectivity index (χ0n) is 11.9. The average Bonchev–Trinajstić information content (AvgIpc) is 2.79. The summed E-state index contributed by atoms with van der Waals surface area (Å²) in [6.07, 6.45) is 10.7. The molecule has 1 aliphatic carbocycles. The smallest absolute Gasteiger partial charge is 0.0417 e. The Bertz CT molecular complexity index is 407. The van der Waals surface area contributed by atoms with Crippen molar-refractivity contribution in [1.29, 1.82) is 0 Å². The Morgan fingerprint density at radius 2 is 1.63 bits per heavy atom. The minimum absolute atomic E-state index is 0.229. The van der Waals surface area contributed by atoms with Crippen LogP contribution in [0.25, 0.3) is 0 Å². The van der Waals surface area contributed by atoms with Gasteiger partial charge in [0.15, 0.2) is 0 Å². The lowest BCUT2D eigenvalue weighted by Crippen LogP contribution is -2.35. The molecule has 0 aromatic heterocycles. The number of nitrogens with two attached hydrogens (primary N) is 1. The fraction of sp³-hybridized carbons (Fsp3) is 0.647. The van der Waals surface area contributed by atoms with Gasteiger partial charge in [-0.3, -0.25) is 0 Å². The fourth-order valence-corrected chi connectivity index (χ4v) is 3.77. The normalized spacial score (nSPS) is 25.5. The lowest BCUT2D eigenvalue weighted by Gasteiger charge is -2.33. The first kappa shape index (κ1) is 13.0. The van der Waals surface area contributed by atoms with Crippen molar-refractivity contribution in [2.75, 3.05) is 11.4 Å². The molecule has 2 heteroatoms. The molecular weight excluding hydrogens is 232 g/mol. The standard InChI is InChI=1S/C17H26N2/c18-16-11-7-13-19(14-8-3-1-2-4-9-14)17-12-6-5-10-15(16)17/h5-6,10,12,14,16H,1-4,7-9,11,13,18H2. The summed E-state index contributed by atoms with van der Waals surface area (Å²) >= 11 is 0. The summed E-state index contributed by atoms with van der Waals surface area (Å²) in [4.78, 5) is 2.67. The topological polar surface area (TPSA) is 29.3 Å². The minimum Gasteiger partial charge on any atom is -0.368 e. The second-order valence-electron chi connectivity index (χ2n) is 6.15. The van der Waals surface area contributed by atoms with E-state index < -0.39 is 0 Å². The summed E-state index contributed by atoms with van der Waals surface area (Å²) in [6.45, 7) is 1.19. The monoisotopic (exact) mass is 258 g/mol. The maximum atomic E-state index is 6.34. The van der Waals surface area contributed by atoms with E-state index in [4.69, 9.17) is 5.73 Å². The predicted molar refractivity (Wildman–Crippen MR) is 81.4 cm³/mol. The van der Waals surface area contributed by atoms with Crippen LogP contribution in [-0.2, 0) is 0 Å². The molecule has 104 valence electrons. The van der Waals surface area contributed by atoms with Crippen LogP contribution in [0.15, 0.2) is 24.3 Å². The number of rotatable bonds is 1. The molecule has 1 atom stereocenters. The Kier molecular flexibility index (Phi) is 4.07. The highest BCUT2D eigenvalue weighted by atomic mass is 15.2. The van der Waals surface area contributed by atoms with Gasteiger partial charge in [-0.2, -0.15) is 0 Å². The number of nitrogens with zero attached hydrogens (tertiary/aromatic N) is 1. The summed E-state index contributed by atoms with van der Waals surface area (Å²) in [5, 5.41) is 0. The van der Waals surface area contributed by atoms with Gasteiger partial charge in [0.05, 0.1) is 0 Å². The largest absolute Gasteiger partial charge is 0.368 e. The molecule has 0 bridgehead atoms. The van der Waals surface area contributed by atoms with Gasteiger partial charge in [0, 0.05) is 24.3 Å². The zero-order chi connectivity index (χ0) is 13.1. The SMILES string of the molecule is NC1CCCN(C2CCCCCC2)c2ccccc21. The maximum absolute atomic E-state index is 6.34. The van der Waals surface area contributed by atoms with Gasteiger partial charge in [-0.1, -0.05) is 43.9 Å². The zero-order valence-corrected chi connectivity index (χ0v) is 11.9. The van der Waals surface area contributed by atoms with Gasteiger partial charge < -0.3 is 10.6 Å². The molecule has 2 N–H and O–H groups in total. The molecule has 1 heterocycles. The first-order chi connectivity index (χ1) is 9.36. The third-order valence-electron chi connectivity index (χ3n) is 4.83. The fourth-order valence-electron chi connectivity index (χ4n) is 3.77. The lowest BCUT2D eigenvalue weighted by molar-refractivity contribution is 0.516. The summed E-state index contributed by atoms with van der Waals surface area (Å²) in [7, 11) is 0. The maximum Gasteiger partial charge on any atom is 0.0417 e. The molecule has 3 rings (SSSR count). The van der Waals surface area contributed by atoms with E-state index in [9.17, 15) is 0 Å². The molecule has 2 aliphatic rings. The molecule has 0 radical (unpaired) electrons. The molecule has 1 aromatic carbocycles. The van der Waals surface area contributed by atoms with Crippen LogP contribution in [0.3, 0.4) is 0 Å². The van der Waals surface area contributed by atoms with E-state index in [1.54, 1.807) is 0 Å². The van der Waals surface area contributed by atoms with Crippen LogP contribution in [0.4, 0.5) is 5.69 Å². The highest BCUT2D eigenvalue weighted by Gasteiger charge is 2.26. The minimum atomic E-state index is 0.229. The molecule has 1 aromatic rings. The van der Waals surface area contributed by atoms with E-state index in [1.807, 2.05) is 0 Å². The van der Waals surface area contributed by atoms with Crippen LogP contribution in [0.2, 0.25) is 0 Å². The van der Waals surface area contributed by atoms with Gasteiger partial charge in [0.1, 0.15) is 0 Å². The molecule has 1 unspecified atom stereocenters. The number of benzene rings is 1. The van der Waals surface area contributed by atoms with Crippen LogP contribution in [0, 0.1) is 0 Å². The number of anilines is 1. The van der Waals surface area contributed by atoms with Crippen LogP contribution >= 0.6 is 0 Å². The van der Waals surface area contributed by atoms with Crippen molar-refractivity contribution >= 4 is 5.69 Å². The molecular formula is C17H26N2. The van der Waals surface area contributed by atoms with Crippen LogP contribution in [-0.4, -0.2) is 12.6 Å². The van der Waals surface area contributed by atoms with Gasteiger partial charge in [0.2, 0.25) is 0 Å². The number of hydrogen-bond donors (Lipinski definition) is 1. The molecule has 1 fully saturated rings. The van der Waals surface area contributed by atoms with Crippen molar-refractivity contribution in [3.8, 4) is 0 Å². The number of para-hydroxylation sites is 1. The molecule has 0 saturated heterocycles. The molecule has 0 spiro atoms. The quantitative estimate of drug-likeness (QED) is 0.771. The van der Waals surface area contributed by atoms with E-state index in [0.717, 1.165) is 12.5 Å². The van der Waals surface area contributed by atoms with Crippen LogP contribution in [0.5, 0.6) is 0 Å². The van der Waals surface area contributed by atoms with Crippen LogP contribution in [0.1, 0.15) is 63.0 Å². The lowest BCUT2D eigenvalue weighted by atomic mass is 10.0. The van der Waals surface area contributed by atoms with Crippen molar-refractivity contribution in [3.05, 3.63) is 29.8 Å². The Hall–Kier alpha value is -1.02. The Balaban J connectivity index is 1.89. The first-order valence-electron chi connectivity index (χ1n) is 7.97. The first-order valence-corrected chi connectivity index (χ1v) is 7.97. The van der Waals surface area contributed by atoms with Crippen molar-refractivity contribution in [3.63, 3.8) is 0 Å². The highest BCUT2D eigenvalue weighted by Crippen LogP contribution is 2.35. The Labute approximate surface area is 117 Å². The van der Waals surface area contributed by atoms with Crippen molar-refractivity contribution in [2.45, 2.75) is 63.5 Å². The molecule has 19 heavy (non-hydrogen) atoms. The van der Waals surface area contributed by atoms with Gasteiger partial charge in [-0.05, 0) is 37.3 Å². The van der Waals surface area contributed by atoms with Crippen LogP contribution < -0.4 is 10.6 Å². The van der Waals surface area contributed by atoms with Crippen molar-refractivity contribution < 1.29 is 0 Å². The van der Waals surface area contributed by atoms with Crippen molar-refractivity contribution in [1.82, 2.24) is 0 Å². The summed E-state index contributed by atoms with van der Waals surface area (Å²) in [6, 6.07) is 9.79. The molecule has 0 amide bonds. The van der Waals surface area contributed by atoms with E-state index in [-0.39, 0.29) is 6.04 Å². The number of hydrogen-bond acceptors (Lipinski definition) is 2. The molecule has 1 saturated carbocycles. The Morgan fingerprint density at radius 3 is 2.42 bits per heavy atom. The van der Waals surface area contributed by atoms with Gasteiger partial charge >= 0.3 is 0 Å². The van der Waals surface area contributed by atoms with E-state index in [1.165, 1.54) is 62.7 Å². The average molecular weight is 258 g/mol. The summed E-state index contributed by atoms with van der Waals surface area (Å²) in [5.41, 5.74) is 9.12. The molecule has 1 aliphatic heterocycles.